The topological polar surface area (TPSA) is 49.9 Å². The van der Waals surface area contributed by atoms with E-state index in [9.17, 15) is 9.59 Å². The SMILES string of the molecule is CCCCN(CC(=O)N1CCc2sccc2C1c1ccc(OC)cc1)C(C)=O. The first-order valence-electron chi connectivity index (χ1n) is 9.80. The van der Waals surface area contributed by atoms with Crippen molar-refractivity contribution < 1.29 is 14.3 Å². The van der Waals surface area contributed by atoms with Gasteiger partial charge >= 0.3 is 0 Å². The van der Waals surface area contributed by atoms with Gasteiger partial charge in [-0.05, 0) is 47.5 Å². The van der Waals surface area contributed by atoms with Crippen LogP contribution in [0.2, 0.25) is 0 Å². The molecule has 6 heteroatoms. The maximum atomic E-state index is 13.2. The Balaban J connectivity index is 1.87. The molecule has 0 aliphatic carbocycles. The van der Waals surface area contributed by atoms with E-state index in [1.54, 1.807) is 23.3 Å². The van der Waals surface area contributed by atoms with Crippen molar-refractivity contribution in [2.24, 2.45) is 0 Å². The largest absolute Gasteiger partial charge is 0.497 e. The van der Waals surface area contributed by atoms with E-state index in [2.05, 4.69) is 18.4 Å². The van der Waals surface area contributed by atoms with Crippen molar-refractivity contribution in [3.05, 3.63) is 51.7 Å². The highest BCUT2D eigenvalue weighted by atomic mass is 32.1. The lowest BCUT2D eigenvalue weighted by Crippen LogP contribution is -2.46. The fourth-order valence-corrected chi connectivity index (χ4v) is 4.59. The van der Waals surface area contributed by atoms with Gasteiger partial charge in [0.05, 0.1) is 19.7 Å². The number of benzene rings is 1. The zero-order valence-corrected chi connectivity index (χ0v) is 17.6. The van der Waals surface area contributed by atoms with E-state index in [1.165, 1.54) is 17.4 Å². The van der Waals surface area contributed by atoms with Crippen LogP contribution in [0.15, 0.2) is 35.7 Å². The van der Waals surface area contributed by atoms with E-state index in [4.69, 9.17) is 4.74 Å². The van der Waals surface area contributed by atoms with Crippen LogP contribution < -0.4 is 4.74 Å². The predicted octanol–water partition coefficient (Wildman–Crippen LogP) is 3.88. The molecule has 0 saturated heterocycles. The molecule has 0 fully saturated rings. The number of methoxy groups -OCH3 is 1. The van der Waals surface area contributed by atoms with Crippen LogP contribution in [0.1, 0.15) is 48.7 Å². The minimum Gasteiger partial charge on any atom is -0.497 e. The molecule has 1 unspecified atom stereocenters. The Bertz CT molecular complexity index is 815. The molecule has 1 atom stereocenters. The molecule has 0 N–H and O–H groups in total. The molecule has 1 aliphatic rings. The lowest BCUT2D eigenvalue weighted by molar-refractivity contribution is -0.140. The first kappa shape index (κ1) is 20.4. The van der Waals surface area contributed by atoms with Gasteiger partial charge in [0.15, 0.2) is 0 Å². The summed E-state index contributed by atoms with van der Waals surface area (Å²) in [7, 11) is 1.65. The highest BCUT2D eigenvalue weighted by Gasteiger charge is 2.33. The standard InChI is InChI=1S/C22H28N2O3S/c1-4-5-12-23(16(2)25)15-21(26)24-13-10-20-19(11-14-28-20)22(24)17-6-8-18(27-3)9-7-17/h6-9,11,14,22H,4-5,10,12-13,15H2,1-3H3. The maximum Gasteiger partial charge on any atom is 0.242 e. The van der Waals surface area contributed by atoms with Crippen LogP contribution in [-0.4, -0.2) is 48.4 Å². The molecule has 0 spiro atoms. The summed E-state index contributed by atoms with van der Waals surface area (Å²) in [5, 5.41) is 2.10. The number of nitrogens with zero attached hydrogens (tertiary/aromatic N) is 2. The fraction of sp³-hybridized carbons (Fsp3) is 0.455. The highest BCUT2D eigenvalue weighted by molar-refractivity contribution is 7.10. The number of fused-ring (bicyclic) bond motifs is 1. The summed E-state index contributed by atoms with van der Waals surface area (Å²) >= 11 is 1.75. The average molecular weight is 401 g/mol. The summed E-state index contributed by atoms with van der Waals surface area (Å²) in [4.78, 5) is 30.1. The Morgan fingerprint density at radius 2 is 2.00 bits per heavy atom. The van der Waals surface area contributed by atoms with Crippen molar-refractivity contribution in [2.45, 2.75) is 39.2 Å². The third-order valence-electron chi connectivity index (χ3n) is 5.27. The Morgan fingerprint density at radius 1 is 1.25 bits per heavy atom. The summed E-state index contributed by atoms with van der Waals surface area (Å²) < 4.78 is 5.28. The molecule has 0 saturated carbocycles. The normalized spacial score (nSPS) is 15.8. The van der Waals surface area contributed by atoms with E-state index in [0.717, 1.165) is 30.6 Å². The zero-order valence-electron chi connectivity index (χ0n) is 16.8. The monoisotopic (exact) mass is 400 g/mol. The summed E-state index contributed by atoms with van der Waals surface area (Å²) in [5.74, 6) is 0.755. The van der Waals surface area contributed by atoms with Gasteiger partial charge in [-0.15, -0.1) is 11.3 Å². The van der Waals surface area contributed by atoms with Gasteiger partial charge in [-0.2, -0.15) is 0 Å². The van der Waals surface area contributed by atoms with Crippen LogP contribution in [0.5, 0.6) is 5.75 Å². The molecule has 2 heterocycles. The second-order valence-corrected chi connectivity index (χ2v) is 8.11. The van der Waals surface area contributed by atoms with E-state index in [-0.39, 0.29) is 24.4 Å². The van der Waals surface area contributed by atoms with Crippen LogP contribution >= 0.6 is 11.3 Å². The van der Waals surface area contributed by atoms with Gasteiger partial charge in [0.1, 0.15) is 5.75 Å². The van der Waals surface area contributed by atoms with Crippen LogP contribution in [0.3, 0.4) is 0 Å². The predicted molar refractivity (Wildman–Crippen MR) is 112 cm³/mol. The maximum absolute atomic E-state index is 13.2. The summed E-state index contributed by atoms with van der Waals surface area (Å²) in [6.45, 7) is 5.06. The van der Waals surface area contributed by atoms with Crippen LogP contribution in [0.4, 0.5) is 0 Å². The number of rotatable bonds is 7. The molecule has 2 aromatic rings. The molecular formula is C22H28N2O3S. The van der Waals surface area contributed by atoms with Crippen LogP contribution in [0.25, 0.3) is 0 Å². The van der Waals surface area contributed by atoms with Crippen LogP contribution in [-0.2, 0) is 16.0 Å². The molecule has 2 amide bonds. The van der Waals surface area contributed by atoms with Crippen molar-refractivity contribution in [1.82, 2.24) is 9.80 Å². The second-order valence-electron chi connectivity index (χ2n) is 7.11. The Kier molecular flexibility index (Phi) is 6.73. The van der Waals surface area contributed by atoms with E-state index >= 15 is 0 Å². The summed E-state index contributed by atoms with van der Waals surface area (Å²) in [6, 6.07) is 9.91. The van der Waals surface area contributed by atoms with Gasteiger partial charge in [0.25, 0.3) is 0 Å². The number of amides is 2. The second kappa shape index (κ2) is 9.24. The Labute approximate surface area is 170 Å². The van der Waals surface area contributed by atoms with E-state index in [1.807, 2.05) is 29.2 Å². The highest BCUT2D eigenvalue weighted by Crippen LogP contribution is 2.38. The minimum atomic E-state index is -0.117. The number of unbranched alkanes of at least 4 members (excludes halogenated alkanes) is 1. The number of hydrogen-bond donors (Lipinski definition) is 0. The lowest BCUT2D eigenvalue weighted by Gasteiger charge is -2.37. The van der Waals surface area contributed by atoms with Crippen LogP contribution in [0, 0.1) is 0 Å². The first-order valence-corrected chi connectivity index (χ1v) is 10.7. The molecule has 1 aromatic heterocycles. The molecule has 150 valence electrons. The van der Waals surface area contributed by atoms with Gasteiger partial charge in [-0.25, -0.2) is 0 Å². The van der Waals surface area contributed by atoms with E-state index in [0.29, 0.717) is 13.1 Å². The molecule has 1 aromatic carbocycles. The molecule has 0 radical (unpaired) electrons. The van der Waals surface area contributed by atoms with Gasteiger partial charge < -0.3 is 14.5 Å². The zero-order chi connectivity index (χ0) is 20.1. The first-order chi connectivity index (χ1) is 13.5. The van der Waals surface area contributed by atoms with Crippen molar-refractivity contribution in [3.8, 4) is 5.75 Å². The lowest BCUT2D eigenvalue weighted by atomic mass is 9.93. The molecular weight excluding hydrogens is 372 g/mol. The van der Waals surface area contributed by atoms with E-state index < -0.39 is 0 Å². The van der Waals surface area contributed by atoms with Gasteiger partial charge in [0.2, 0.25) is 11.8 Å². The summed E-state index contributed by atoms with van der Waals surface area (Å²) in [6.07, 6.45) is 2.76. The Morgan fingerprint density at radius 3 is 2.64 bits per heavy atom. The number of thiophene rings is 1. The third-order valence-corrected chi connectivity index (χ3v) is 6.27. The number of carbonyl (C=O) groups excluding carboxylic acids is 2. The number of carbonyl (C=O) groups is 2. The molecule has 5 nitrogen and oxygen atoms in total. The molecule has 1 aliphatic heterocycles. The fourth-order valence-electron chi connectivity index (χ4n) is 3.68. The minimum absolute atomic E-state index is 0.00368. The van der Waals surface area contributed by atoms with Crippen molar-refractivity contribution in [3.63, 3.8) is 0 Å². The molecule has 0 bridgehead atoms. The van der Waals surface area contributed by atoms with Gasteiger partial charge in [-0.3, -0.25) is 9.59 Å². The van der Waals surface area contributed by atoms with Gasteiger partial charge in [-0.1, -0.05) is 25.5 Å². The number of hydrogen-bond acceptors (Lipinski definition) is 4. The van der Waals surface area contributed by atoms with Crippen molar-refractivity contribution in [2.75, 3.05) is 26.7 Å². The van der Waals surface area contributed by atoms with Crippen molar-refractivity contribution in [1.29, 1.82) is 0 Å². The Hall–Kier alpha value is -2.34. The third kappa shape index (κ3) is 4.38. The number of ether oxygens (including phenoxy) is 1. The average Bonchev–Trinajstić information content (AvgIpc) is 3.19. The smallest absolute Gasteiger partial charge is 0.242 e. The quantitative estimate of drug-likeness (QED) is 0.709. The molecule has 28 heavy (non-hydrogen) atoms. The summed E-state index contributed by atoms with van der Waals surface area (Å²) in [5.41, 5.74) is 2.26. The van der Waals surface area contributed by atoms with Gasteiger partial charge in [0, 0.05) is 24.9 Å². The molecule has 3 rings (SSSR count). The van der Waals surface area contributed by atoms with Crippen molar-refractivity contribution >= 4 is 23.2 Å².